The van der Waals surface area contributed by atoms with Gasteiger partial charge in [-0.3, -0.25) is 0 Å². The highest BCUT2D eigenvalue weighted by Gasteiger charge is 2.07. The molecule has 0 radical (unpaired) electrons. The van der Waals surface area contributed by atoms with E-state index in [0.29, 0.717) is 10.6 Å². The van der Waals surface area contributed by atoms with Crippen LogP contribution in [0.15, 0.2) is 29.3 Å². The largest absolute Gasteiger partial charge is 0.240 e. The van der Waals surface area contributed by atoms with Crippen LogP contribution in [0.3, 0.4) is 0 Å². The number of isocyanates is 1. The molecule has 0 fully saturated rings. The fraction of sp³-hybridized carbons (Fsp3) is 0.222. The van der Waals surface area contributed by atoms with Crippen LogP contribution in [0.1, 0.15) is 11.7 Å². The molecule has 0 saturated carbocycles. The second-order valence-electron chi connectivity index (χ2n) is 2.45. The van der Waals surface area contributed by atoms with Crippen molar-refractivity contribution in [3.8, 4) is 0 Å². The minimum Gasteiger partial charge on any atom is -0.240 e. The zero-order valence-electron chi connectivity index (χ0n) is 6.71. The lowest BCUT2D eigenvalue weighted by molar-refractivity contribution is 0.353. The van der Waals surface area contributed by atoms with E-state index in [0.717, 1.165) is 0 Å². The Hall–Kier alpha value is -1.18. The Morgan fingerprint density at radius 2 is 2.08 bits per heavy atom. The van der Waals surface area contributed by atoms with E-state index in [-0.39, 0.29) is 6.54 Å². The van der Waals surface area contributed by atoms with Crippen molar-refractivity contribution < 1.29 is 9.18 Å². The van der Waals surface area contributed by atoms with Crippen molar-refractivity contribution >= 4 is 17.7 Å². The fourth-order valence-corrected chi connectivity index (χ4v) is 1.02. The van der Waals surface area contributed by atoms with Crippen LogP contribution in [0.2, 0.25) is 5.02 Å². The quantitative estimate of drug-likeness (QED) is 0.544. The van der Waals surface area contributed by atoms with Gasteiger partial charge in [-0.05, 0) is 17.7 Å². The second-order valence-corrected chi connectivity index (χ2v) is 2.89. The SMILES string of the molecule is O=C=NCC(F)c1ccc(Cl)cc1. The lowest BCUT2D eigenvalue weighted by atomic mass is 10.1. The lowest BCUT2D eigenvalue weighted by Gasteiger charge is -2.03. The van der Waals surface area contributed by atoms with Crippen molar-refractivity contribution in [3.63, 3.8) is 0 Å². The molecule has 0 saturated heterocycles. The first-order valence-corrected chi connectivity index (χ1v) is 4.05. The van der Waals surface area contributed by atoms with Gasteiger partial charge in [-0.2, -0.15) is 0 Å². The van der Waals surface area contributed by atoms with E-state index >= 15 is 0 Å². The van der Waals surface area contributed by atoms with Crippen molar-refractivity contribution in [3.05, 3.63) is 34.9 Å². The summed E-state index contributed by atoms with van der Waals surface area (Å²) < 4.78 is 13.1. The summed E-state index contributed by atoms with van der Waals surface area (Å²) >= 11 is 5.61. The van der Waals surface area contributed by atoms with E-state index in [1.165, 1.54) is 6.08 Å². The van der Waals surface area contributed by atoms with Gasteiger partial charge < -0.3 is 0 Å². The fourth-order valence-electron chi connectivity index (χ4n) is 0.894. The van der Waals surface area contributed by atoms with Gasteiger partial charge in [0.25, 0.3) is 0 Å². The predicted octanol–water partition coefficient (Wildman–Crippen LogP) is 2.69. The molecule has 0 N–H and O–H groups in total. The van der Waals surface area contributed by atoms with Gasteiger partial charge in [0.05, 0.1) is 6.54 Å². The maximum atomic E-state index is 13.1. The first-order valence-electron chi connectivity index (χ1n) is 3.67. The first-order chi connectivity index (χ1) is 6.24. The van der Waals surface area contributed by atoms with Crippen LogP contribution in [0.5, 0.6) is 0 Å². The molecule has 0 heterocycles. The Morgan fingerprint density at radius 1 is 1.46 bits per heavy atom. The molecule has 1 aromatic carbocycles. The molecule has 68 valence electrons. The molecule has 0 aromatic heterocycles. The smallest absolute Gasteiger partial charge is 0.235 e. The summed E-state index contributed by atoms with van der Waals surface area (Å²) in [5, 5.41) is 0.551. The molecule has 0 aliphatic heterocycles. The van der Waals surface area contributed by atoms with Gasteiger partial charge in [-0.1, -0.05) is 23.7 Å². The lowest BCUT2D eigenvalue weighted by Crippen LogP contribution is -1.95. The van der Waals surface area contributed by atoms with Gasteiger partial charge in [0.1, 0.15) is 6.17 Å². The van der Waals surface area contributed by atoms with Crippen molar-refractivity contribution in [1.82, 2.24) is 0 Å². The summed E-state index contributed by atoms with van der Waals surface area (Å²) in [6.07, 6.45) is 0.0236. The van der Waals surface area contributed by atoms with Gasteiger partial charge in [-0.25, -0.2) is 14.2 Å². The Morgan fingerprint density at radius 3 is 2.62 bits per heavy atom. The van der Waals surface area contributed by atoms with E-state index in [4.69, 9.17) is 11.6 Å². The molecule has 0 spiro atoms. The number of alkyl halides is 1. The van der Waals surface area contributed by atoms with E-state index < -0.39 is 6.17 Å². The van der Waals surface area contributed by atoms with Crippen molar-refractivity contribution in [2.75, 3.05) is 6.54 Å². The van der Waals surface area contributed by atoms with Gasteiger partial charge in [0.2, 0.25) is 6.08 Å². The van der Waals surface area contributed by atoms with Crippen molar-refractivity contribution in [2.45, 2.75) is 6.17 Å². The second kappa shape index (κ2) is 4.75. The van der Waals surface area contributed by atoms with Gasteiger partial charge in [0.15, 0.2) is 0 Å². The summed E-state index contributed by atoms with van der Waals surface area (Å²) in [7, 11) is 0. The molecule has 13 heavy (non-hydrogen) atoms. The Labute approximate surface area is 80.1 Å². The molecule has 1 atom stereocenters. The summed E-state index contributed by atoms with van der Waals surface area (Å²) in [6.45, 7) is -0.189. The minimum atomic E-state index is -1.27. The Balaban J connectivity index is 2.71. The number of carbonyl (C=O) groups excluding carboxylic acids is 1. The van der Waals surface area contributed by atoms with Crippen LogP contribution in [0, 0.1) is 0 Å². The topological polar surface area (TPSA) is 29.4 Å². The van der Waals surface area contributed by atoms with Crippen molar-refractivity contribution in [2.24, 2.45) is 4.99 Å². The summed E-state index contributed by atoms with van der Waals surface area (Å²) in [5.41, 5.74) is 0.461. The number of benzene rings is 1. The first kappa shape index (κ1) is 9.90. The third kappa shape index (κ3) is 2.98. The van der Waals surface area contributed by atoms with Crippen LogP contribution in [-0.4, -0.2) is 12.6 Å². The minimum absolute atomic E-state index is 0.189. The van der Waals surface area contributed by atoms with Crippen LogP contribution in [0.25, 0.3) is 0 Å². The monoisotopic (exact) mass is 199 g/mol. The molecule has 0 amide bonds. The summed E-state index contributed by atoms with van der Waals surface area (Å²) in [6, 6.07) is 6.31. The number of hydrogen-bond acceptors (Lipinski definition) is 2. The molecule has 1 aromatic rings. The average Bonchev–Trinajstić information content (AvgIpc) is 2.15. The maximum Gasteiger partial charge on any atom is 0.235 e. The number of nitrogens with zero attached hydrogens (tertiary/aromatic N) is 1. The highest BCUT2D eigenvalue weighted by molar-refractivity contribution is 6.30. The van der Waals surface area contributed by atoms with E-state index in [1.54, 1.807) is 24.3 Å². The maximum absolute atomic E-state index is 13.1. The van der Waals surface area contributed by atoms with E-state index in [1.807, 2.05) is 0 Å². The predicted molar refractivity (Wildman–Crippen MR) is 48.3 cm³/mol. The Kier molecular flexibility index (Phi) is 3.62. The standard InChI is InChI=1S/C9H7ClFNO/c10-8-3-1-7(2-4-8)9(11)5-12-6-13/h1-4,9H,5H2. The van der Waals surface area contributed by atoms with Crippen molar-refractivity contribution in [1.29, 1.82) is 0 Å². The number of aliphatic imine (C=N–C) groups is 1. The molecule has 4 heteroatoms. The van der Waals surface area contributed by atoms with Crippen LogP contribution < -0.4 is 0 Å². The van der Waals surface area contributed by atoms with Gasteiger partial charge >= 0.3 is 0 Å². The van der Waals surface area contributed by atoms with Gasteiger partial charge in [-0.15, -0.1) is 0 Å². The Bertz CT molecular complexity index is 319. The summed E-state index contributed by atoms with van der Waals surface area (Å²) in [4.78, 5) is 12.9. The highest BCUT2D eigenvalue weighted by atomic mass is 35.5. The van der Waals surface area contributed by atoms with E-state index in [9.17, 15) is 9.18 Å². The van der Waals surface area contributed by atoms with Gasteiger partial charge in [0, 0.05) is 5.02 Å². The number of rotatable bonds is 3. The third-order valence-corrected chi connectivity index (χ3v) is 1.80. The molecular formula is C9H7ClFNO. The third-order valence-electron chi connectivity index (χ3n) is 1.55. The molecule has 0 aliphatic rings. The molecule has 1 unspecified atom stereocenters. The highest BCUT2D eigenvalue weighted by Crippen LogP contribution is 2.19. The molecular weight excluding hydrogens is 193 g/mol. The average molecular weight is 200 g/mol. The molecule has 2 nitrogen and oxygen atoms in total. The van der Waals surface area contributed by atoms with E-state index in [2.05, 4.69) is 4.99 Å². The number of halogens is 2. The molecule has 0 bridgehead atoms. The molecule has 0 aliphatic carbocycles. The zero-order chi connectivity index (χ0) is 9.68. The normalized spacial score (nSPS) is 11.8. The zero-order valence-corrected chi connectivity index (χ0v) is 7.46. The van der Waals surface area contributed by atoms with Crippen LogP contribution in [-0.2, 0) is 4.79 Å². The summed E-state index contributed by atoms with van der Waals surface area (Å²) in [5.74, 6) is 0. The number of hydrogen-bond donors (Lipinski definition) is 0. The molecule has 1 rings (SSSR count). The van der Waals surface area contributed by atoms with Crippen LogP contribution >= 0.6 is 11.6 Å². The van der Waals surface area contributed by atoms with Crippen LogP contribution in [0.4, 0.5) is 4.39 Å².